The van der Waals surface area contributed by atoms with Gasteiger partial charge in [-0.15, -0.1) is 0 Å². The number of esters is 1. The Labute approximate surface area is 101 Å². The minimum absolute atomic E-state index is 0.135. The van der Waals surface area contributed by atoms with Gasteiger partial charge in [0.1, 0.15) is 0 Å². The van der Waals surface area contributed by atoms with Crippen molar-refractivity contribution in [3.63, 3.8) is 0 Å². The molecule has 1 saturated heterocycles. The van der Waals surface area contributed by atoms with Crippen LogP contribution < -0.4 is 0 Å². The lowest BCUT2D eigenvalue weighted by atomic mass is 9.76. The van der Waals surface area contributed by atoms with Gasteiger partial charge in [0.2, 0.25) is 0 Å². The quantitative estimate of drug-likeness (QED) is 0.656. The molecule has 0 spiro atoms. The summed E-state index contributed by atoms with van der Waals surface area (Å²) in [6, 6.07) is 0. The van der Waals surface area contributed by atoms with Crippen molar-refractivity contribution in [1.29, 1.82) is 0 Å². The number of oxime groups is 1. The Morgan fingerprint density at radius 3 is 2.82 bits per heavy atom. The average molecular weight is 241 g/mol. The molecule has 2 atom stereocenters. The molecule has 2 heterocycles. The molecular weight excluding hydrogens is 222 g/mol. The third kappa shape index (κ3) is 1.82. The highest BCUT2D eigenvalue weighted by atomic mass is 16.8. The van der Waals surface area contributed by atoms with Crippen LogP contribution >= 0.6 is 0 Å². The minimum Gasteiger partial charge on any atom is -0.464 e. The van der Waals surface area contributed by atoms with Crippen LogP contribution in [0.2, 0.25) is 0 Å². The van der Waals surface area contributed by atoms with Crippen molar-refractivity contribution in [2.24, 2.45) is 16.5 Å². The molecule has 0 bridgehead atoms. The highest BCUT2D eigenvalue weighted by Gasteiger charge is 2.60. The fourth-order valence-corrected chi connectivity index (χ4v) is 2.43. The molecule has 0 radical (unpaired) electrons. The van der Waals surface area contributed by atoms with Crippen LogP contribution in [0.25, 0.3) is 0 Å². The molecule has 0 aromatic rings. The van der Waals surface area contributed by atoms with Crippen LogP contribution in [-0.2, 0) is 19.1 Å². The molecule has 0 aromatic carbocycles. The van der Waals surface area contributed by atoms with Crippen molar-refractivity contribution in [3.05, 3.63) is 0 Å². The van der Waals surface area contributed by atoms with E-state index in [0.29, 0.717) is 6.61 Å². The molecule has 2 aliphatic heterocycles. The van der Waals surface area contributed by atoms with Crippen LogP contribution in [0, 0.1) is 11.3 Å². The number of hydrogen-bond donors (Lipinski definition) is 0. The van der Waals surface area contributed by atoms with Crippen molar-refractivity contribution in [3.8, 4) is 0 Å². The second-order valence-electron chi connectivity index (χ2n) is 5.52. The summed E-state index contributed by atoms with van der Waals surface area (Å²) in [5.41, 5.74) is 0.740. The van der Waals surface area contributed by atoms with Gasteiger partial charge in [-0.2, -0.15) is 0 Å². The van der Waals surface area contributed by atoms with Gasteiger partial charge in [-0.05, 0) is 12.8 Å². The normalized spacial score (nSPS) is 32.5. The Bertz CT molecular complexity index is 358. The number of ether oxygens (including phenoxy) is 2. The summed E-state index contributed by atoms with van der Waals surface area (Å²) in [7, 11) is 1.34. The van der Waals surface area contributed by atoms with E-state index >= 15 is 0 Å². The maximum Gasteiger partial charge on any atom is 0.382 e. The molecule has 0 N–H and O–H groups in total. The molecule has 2 rings (SSSR count). The number of hydrogen-bond acceptors (Lipinski definition) is 5. The van der Waals surface area contributed by atoms with Gasteiger partial charge in [0.15, 0.2) is 0 Å². The van der Waals surface area contributed by atoms with Crippen LogP contribution in [0.1, 0.15) is 33.6 Å². The molecule has 0 amide bonds. The number of methoxy groups -OCH3 is 1. The Morgan fingerprint density at radius 1 is 1.53 bits per heavy atom. The van der Waals surface area contributed by atoms with Crippen LogP contribution in [0.4, 0.5) is 0 Å². The lowest BCUT2D eigenvalue weighted by Crippen LogP contribution is -2.53. The lowest BCUT2D eigenvalue weighted by molar-refractivity contribution is -0.261. The van der Waals surface area contributed by atoms with Crippen LogP contribution in [0.3, 0.4) is 0 Å². The minimum atomic E-state index is -1.34. The topological polar surface area (TPSA) is 57.1 Å². The first-order valence-corrected chi connectivity index (χ1v) is 5.91. The third-order valence-corrected chi connectivity index (χ3v) is 3.26. The standard InChI is InChI=1S/C12H19NO4/c1-11(2,3)9-8-6-5-7-16-12(8,17-13-9)10(14)15-4/h8H,5-7H2,1-4H3. The van der Waals surface area contributed by atoms with E-state index in [9.17, 15) is 4.79 Å². The van der Waals surface area contributed by atoms with E-state index in [2.05, 4.69) is 25.9 Å². The van der Waals surface area contributed by atoms with E-state index in [-0.39, 0.29) is 11.3 Å². The summed E-state index contributed by atoms with van der Waals surface area (Å²) in [5, 5.41) is 4.08. The van der Waals surface area contributed by atoms with E-state index < -0.39 is 11.8 Å². The first-order valence-electron chi connectivity index (χ1n) is 5.91. The van der Waals surface area contributed by atoms with Crippen molar-refractivity contribution in [1.82, 2.24) is 0 Å². The van der Waals surface area contributed by atoms with Crippen molar-refractivity contribution >= 4 is 11.7 Å². The van der Waals surface area contributed by atoms with E-state index in [1.54, 1.807) is 0 Å². The molecular formula is C12H19NO4. The highest BCUT2D eigenvalue weighted by Crippen LogP contribution is 2.43. The molecule has 5 heteroatoms. The summed E-state index contributed by atoms with van der Waals surface area (Å²) in [5.74, 6) is -1.97. The van der Waals surface area contributed by atoms with Gasteiger partial charge in [0.05, 0.1) is 25.3 Å². The van der Waals surface area contributed by atoms with E-state index in [1.807, 2.05) is 0 Å². The predicted octanol–water partition coefficient (Wildman–Crippen LogP) is 1.71. The SMILES string of the molecule is COC(=O)C12OCCCC1C(C(C)(C)C)=NO2. The number of rotatable bonds is 1. The number of nitrogens with zero attached hydrogens (tertiary/aromatic N) is 1. The summed E-state index contributed by atoms with van der Waals surface area (Å²) in [4.78, 5) is 17.2. The van der Waals surface area contributed by atoms with Gasteiger partial charge in [0.25, 0.3) is 0 Å². The van der Waals surface area contributed by atoms with Crippen molar-refractivity contribution in [2.75, 3.05) is 13.7 Å². The second kappa shape index (κ2) is 3.98. The monoisotopic (exact) mass is 241 g/mol. The highest BCUT2D eigenvalue weighted by molar-refractivity contribution is 5.98. The number of carbonyl (C=O) groups is 1. The Morgan fingerprint density at radius 2 is 2.24 bits per heavy atom. The molecule has 17 heavy (non-hydrogen) atoms. The molecule has 2 aliphatic rings. The summed E-state index contributed by atoms with van der Waals surface area (Å²) in [6.07, 6.45) is 1.74. The summed E-state index contributed by atoms with van der Waals surface area (Å²) >= 11 is 0. The van der Waals surface area contributed by atoms with E-state index in [4.69, 9.17) is 14.3 Å². The Balaban J connectivity index is 2.33. The molecule has 2 unspecified atom stereocenters. The molecule has 0 saturated carbocycles. The van der Waals surface area contributed by atoms with E-state index in [1.165, 1.54) is 7.11 Å². The molecule has 5 nitrogen and oxygen atoms in total. The van der Waals surface area contributed by atoms with Crippen molar-refractivity contribution in [2.45, 2.75) is 39.4 Å². The first kappa shape index (κ1) is 12.4. The number of carbonyl (C=O) groups excluding carboxylic acids is 1. The fourth-order valence-electron chi connectivity index (χ4n) is 2.43. The van der Waals surface area contributed by atoms with Gasteiger partial charge < -0.3 is 14.3 Å². The van der Waals surface area contributed by atoms with E-state index in [0.717, 1.165) is 18.6 Å². The van der Waals surface area contributed by atoms with Gasteiger partial charge in [-0.25, -0.2) is 4.79 Å². The van der Waals surface area contributed by atoms with Gasteiger partial charge in [0, 0.05) is 5.41 Å². The first-order chi connectivity index (χ1) is 7.92. The second-order valence-corrected chi connectivity index (χ2v) is 5.52. The third-order valence-electron chi connectivity index (χ3n) is 3.26. The maximum absolute atomic E-state index is 11.9. The predicted molar refractivity (Wildman–Crippen MR) is 61.4 cm³/mol. The summed E-state index contributed by atoms with van der Waals surface area (Å²) in [6.45, 7) is 6.66. The zero-order valence-electron chi connectivity index (χ0n) is 10.8. The molecule has 1 fully saturated rings. The number of fused-ring (bicyclic) bond motifs is 1. The summed E-state index contributed by atoms with van der Waals surface area (Å²) < 4.78 is 10.3. The molecule has 96 valence electrons. The van der Waals surface area contributed by atoms with Crippen molar-refractivity contribution < 1.29 is 19.1 Å². The van der Waals surface area contributed by atoms with Gasteiger partial charge in [-0.3, -0.25) is 0 Å². The van der Waals surface area contributed by atoms with Gasteiger partial charge >= 0.3 is 11.8 Å². The Hall–Kier alpha value is -1.10. The average Bonchev–Trinajstić information content (AvgIpc) is 2.68. The molecule has 0 aliphatic carbocycles. The van der Waals surface area contributed by atoms with Crippen LogP contribution in [0.5, 0.6) is 0 Å². The van der Waals surface area contributed by atoms with Gasteiger partial charge in [-0.1, -0.05) is 25.9 Å². The largest absolute Gasteiger partial charge is 0.464 e. The van der Waals surface area contributed by atoms with Crippen LogP contribution in [-0.4, -0.2) is 31.2 Å². The Kier molecular flexibility index (Phi) is 2.89. The lowest BCUT2D eigenvalue weighted by Gasteiger charge is -2.35. The smallest absolute Gasteiger partial charge is 0.382 e. The zero-order valence-corrected chi connectivity index (χ0v) is 10.8. The maximum atomic E-state index is 11.9. The molecule has 0 aromatic heterocycles. The van der Waals surface area contributed by atoms with Crippen LogP contribution in [0.15, 0.2) is 5.16 Å². The zero-order chi connectivity index (χ0) is 12.7. The fraction of sp³-hybridized carbons (Fsp3) is 0.833.